The number of carbonyl (C=O) groups is 2. The molecule has 0 saturated carbocycles. The minimum atomic E-state index is -0.480. The number of carbonyl (C=O) groups excluding carboxylic acids is 2. The first-order valence-electron chi connectivity index (χ1n) is 6.97. The van der Waals surface area contributed by atoms with Crippen LogP contribution >= 0.6 is 11.8 Å². The molecule has 0 spiro atoms. The van der Waals surface area contributed by atoms with E-state index in [-0.39, 0.29) is 16.7 Å². The van der Waals surface area contributed by atoms with Crippen molar-refractivity contribution in [3.8, 4) is 6.07 Å². The van der Waals surface area contributed by atoms with Gasteiger partial charge in [-0.05, 0) is 25.5 Å². The highest BCUT2D eigenvalue weighted by atomic mass is 32.2. The van der Waals surface area contributed by atoms with E-state index in [2.05, 4.69) is 5.32 Å². The van der Waals surface area contributed by atoms with E-state index >= 15 is 0 Å². The smallest absolute Gasteiger partial charge is 0.264 e. The number of rotatable bonds is 3. The molecule has 1 fully saturated rings. The number of hydrogen-bond acceptors (Lipinski definition) is 4. The Morgan fingerprint density at radius 3 is 2.55 bits per heavy atom. The Morgan fingerprint density at radius 2 is 2.05 bits per heavy atom. The second-order valence-electron chi connectivity index (χ2n) is 4.90. The Hall–Kier alpha value is -2.26. The van der Waals surface area contributed by atoms with Crippen molar-refractivity contribution in [1.82, 2.24) is 5.32 Å². The van der Waals surface area contributed by atoms with Crippen molar-refractivity contribution in [1.29, 1.82) is 5.26 Å². The zero-order valence-corrected chi connectivity index (χ0v) is 13.5. The maximum Gasteiger partial charge on any atom is 0.264 e. The molecule has 5 nitrogen and oxygen atoms in total. The van der Waals surface area contributed by atoms with Gasteiger partial charge in [-0.25, -0.2) is 0 Å². The quantitative estimate of drug-likeness (QED) is 0.686. The molecule has 1 aliphatic rings. The van der Waals surface area contributed by atoms with E-state index in [0.29, 0.717) is 17.1 Å². The molecule has 1 saturated heterocycles. The second-order valence-corrected chi connectivity index (χ2v) is 6.09. The maximum atomic E-state index is 12.6. The summed E-state index contributed by atoms with van der Waals surface area (Å²) >= 11 is 1.27. The zero-order valence-electron chi connectivity index (χ0n) is 12.7. The molecule has 22 heavy (non-hydrogen) atoms. The van der Waals surface area contributed by atoms with Gasteiger partial charge in [0, 0.05) is 12.7 Å². The lowest BCUT2D eigenvalue weighted by molar-refractivity contribution is -0.117. The number of amides is 2. The lowest BCUT2D eigenvalue weighted by Gasteiger charge is -2.18. The van der Waals surface area contributed by atoms with Gasteiger partial charge < -0.3 is 5.32 Å². The Balaban J connectivity index is 2.57. The van der Waals surface area contributed by atoms with Crippen molar-refractivity contribution in [2.45, 2.75) is 25.5 Å². The molecule has 2 rings (SSSR count). The van der Waals surface area contributed by atoms with E-state index in [9.17, 15) is 14.9 Å². The van der Waals surface area contributed by atoms with E-state index in [0.717, 1.165) is 5.56 Å². The van der Waals surface area contributed by atoms with Crippen molar-refractivity contribution in [3.05, 3.63) is 40.4 Å². The van der Waals surface area contributed by atoms with Crippen LogP contribution in [0.2, 0.25) is 0 Å². The zero-order chi connectivity index (χ0) is 16.3. The second kappa shape index (κ2) is 6.67. The SMILES string of the molecule is CC[C@@H]1S/C(=C(\C#N)C(=O)NC)N(c2ccc(C)cc2)C1=O. The Morgan fingerprint density at radius 1 is 1.41 bits per heavy atom. The minimum absolute atomic E-state index is 0.0302. The third kappa shape index (κ3) is 2.85. The molecular formula is C16H17N3O2S. The number of nitrogens with zero attached hydrogens (tertiary/aromatic N) is 2. The fraction of sp³-hybridized carbons (Fsp3) is 0.312. The van der Waals surface area contributed by atoms with Gasteiger partial charge >= 0.3 is 0 Å². The first-order chi connectivity index (χ1) is 10.5. The summed E-state index contributed by atoms with van der Waals surface area (Å²) in [6.07, 6.45) is 0.641. The van der Waals surface area contributed by atoms with Crippen molar-refractivity contribution in [2.24, 2.45) is 0 Å². The van der Waals surface area contributed by atoms with Crippen LogP contribution in [0.3, 0.4) is 0 Å². The highest BCUT2D eigenvalue weighted by Gasteiger charge is 2.39. The van der Waals surface area contributed by atoms with E-state index < -0.39 is 5.91 Å². The highest BCUT2D eigenvalue weighted by molar-refractivity contribution is 8.05. The predicted molar refractivity (Wildman–Crippen MR) is 87.0 cm³/mol. The first-order valence-corrected chi connectivity index (χ1v) is 7.85. The summed E-state index contributed by atoms with van der Waals surface area (Å²) in [7, 11) is 1.47. The molecule has 0 aromatic heterocycles. The number of hydrogen-bond donors (Lipinski definition) is 1. The number of likely N-dealkylation sites (N-methyl/N-ethyl adjacent to an activating group) is 1. The predicted octanol–water partition coefficient (Wildman–Crippen LogP) is 2.33. The third-order valence-corrected chi connectivity index (χ3v) is 4.83. The topological polar surface area (TPSA) is 73.2 Å². The van der Waals surface area contributed by atoms with Gasteiger partial charge in [0.15, 0.2) is 0 Å². The van der Waals surface area contributed by atoms with Crippen molar-refractivity contribution in [3.63, 3.8) is 0 Å². The van der Waals surface area contributed by atoms with Crippen LogP contribution in [0.5, 0.6) is 0 Å². The average molecular weight is 315 g/mol. The molecule has 1 atom stereocenters. The molecule has 2 amide bonds. The molecule has 1 heterocycles. The molecule has 1 aliphatic heterocycles. The van der Waals surface area contributed by atoms with E-state index in [1.807, 2.05) is 44.2 Å². The van der Waals surface area contributed by atoms with Gasteiger partial charge in [-0.3, -0.25) is 14.5 Å². The van der Waals surface area contributed by atoms with Gasteiger partial charge in [0.1, 0.15) is 16.7 Å². The minimum Gasteiger partial charge on any atom is -0.354 e. The van der Waals surface area contributed by atoms with Gasteiger partial charge in [-0.15, -0.1) is 0 Å². The Kier molecular flexibility index (Phi) is 4.88. The number of nitriles is 1. The standard InChI is InChI=1S/C16H17N3O2S/c1-4-13-15(21)19(11-7-5-10(2)6-8-11)16(22-13)12(9-17)14(20)18-3/h5-8,13H,4H2,1-3H3,(H,18,20)/b16-12+/t13-/m0/s1. The highest BCUT2D eigenvalue weighted by Crippen LogP contribution is 2.41. The molecule has 0 aliphatic carbocycles. The molecular weight excluding hydrogens is 298 g/mol. The largest absolute Gasteiger partial charge is 0.354 e. The van der Waals surface area contributed by atoms with Crippen LogP contribution in [-0.4, -0.2) is 24.1 Å². The first kappa shape index (κ1) is 16.1. The summed E-state index contributed by atoms with van der Waals surface area (Å²) in [6, 6.07) is 9.37. The van der Waals surface area contributed by atoms with Gasteiger partial charge in [0.2, 0.25) is 5.91 Å². The van der Waals surface area contributed by atoms with Crippen LogP contribution in [0.15, 0.2) is 34.9 Å². The Bertz CT molecular complexity index is 674. The summed E-state index contributed by atoms with van der Waals surface area (Å²) in [5, 5.41) is 11.9. The van der Waals surface area contributed by atoms with Crippen LogP contribution in [-0.2, 0) is 9.59 Å². The van der Waals surface area contributed by atoms with Crippen LogP contribution in [0.4, 0.5) is 5.69 Å². The van der Waals surface area contributed by atoms with Gasteiger partial charge in [0.05, 0.1) is 5.25 Å². The summed E-state index contributed by atoms with van der Waals surface area (Å²) in [4.78, 5) is 26.0. The van der Waals surface area contributed by atoms with Crippen molar-refractivity contribution < 1.29 is 9.59 Å². The van der Waals surface area contributed by atoms with E-state index in [4.69, 9.17) is 0 Å². The number of benzene rings is 1. The number of anilines is 1. The van der Waals surface area contributed by atoms with Gasteiger partial charge in [0.25, 0.3) is 5.91 Å². The fourth-order valence-electron chi connectivity index (χ4n) is 2.17. The molecule has 1 aromatic carbocycles. The Labute approximate surface area is 134 Å². The monoisotopic (exact) mass is 315 g/mol. The third-order valence-electron chi connectivity index (χ3n) is 3.40. The molecule has 0 bridgehead atoms. The lowest BCUT2D eigenvalue weighted by Crippen LogP contribution is -2.30. The summed E-state index contributed by atoms with van der Waals surface area (Å²) in [5.41, 5.74) is 1.72. The maximum absolute atomic E-state index is 12.6. The van der Waals surface area contributed by atoms with E-state index in [1.165, 1.54) is 23.7 Å². The lowest BCUT2D eigenvalue weighted by atomic mass is 10.2. The van der Waals surface area contributed by atoms with Crippen LogP contribution in [0, 0.1) is 18.3 Å². The van der Waals surface area contributed by atoms with E-state index in [1.54, 1.807) is 0 Å². The fourth-order valence-corrected chi connectivity index (χ4v) is 3.37. The summed E-state index contributed by atoms with van der Waals surface area (Å²) in [5.74, 6) is -0.574. The molecule has 0 unspecified atom stereocenters. The summed E-state index contributed by atoms with van der Waals surface area (Å²) < 4.78 is 0. The van der Waals surface area contributed by atoms with Crippen LogP contribution in [0.1, 0.15) is 18.9 Å². The molecule has 1 aromatic rings. The summed E-state index contributed by atoms with van der Waals surface area (Å²) in [6.45, 7) is 3.87. The van der Waals surface area contributed by atoms with Crippen molar-refractivity contribution in [2.75, 3.05) is 11.9 Å². The number of thioether (sulfide) groups is 1. The number of nitrogens with one attached hydrogen (secondary N) is 1. The van der Waals surface area contributed by atoms with Gasteiger partial charge in [-0.2, -0.15) is 5.26 Å². The number of aryl methyl sites for hydroxylation is 1. The average Bonchev–Trinajstić information content (AvgIpc) is 2.85. The van der Waals surface area contributed by atoms with Crippen molar-refractivity contribution >= 4 is 29.3 Å². The molecule has 0 radical (unpaired) electrons. The molecule has 6 heteroatoms. The van der Waals surface area contributed by atoms with Crippen LogP contribution < -0.4 is 10.2 Å². The molecule has 114 valence electrons. The molecule has 1 N–H and O–H groups in total. The normalized spacial score (nSPS) is 19.8. The van der Waals surface area contributed by atoms with Gasteiger partial charge in [-0.1, -0.05) is 36.4 Å². The van der Waals surface area contributed by atoms with Crippen LogP contribution in [0.25, 0.3) is 0 Å².